The summed E-state index contributed by atoms with van der Waals surface area (Å²) in [5, 5.41) is 0. The fourth-order valence-electron chi connectivity index (χ4n) is 3.18. The average molecular weight is 446 g/mol. The molecule has 0 aliphatic rings. The fourth-order valence-corrected chi connectivity index (χ4v) is 3.18. The van der Waals surface area contributed by atoms with Crippen LogP contribution in [0, 0.1) is 5.82 Å². The molecule has 0 aliphatic heterocycles. The molecule has 170 valence electrons. The molecule has 3 aromatic carbocycles. The largest absolute Gasteiger partial charge is 0.493 e. The van der Waals surface area contributed by atoms with E-state index >= 15 is 0 Å². The van der Waals surface area contributed by atoms with Crippen LogP contribution in [-0.2, 0) is 16.8 Å². The molecule has 0 heterocycles. The van der Waals surface area contributed by atoms with Gasteiger partial charge >= 0.3 is 0 Å². The lowest BCUT2D eigenvalue weighted by Crippen LogP contribution is -2.36. The Morgan fingerprint density at radius 3 is 2.22 bits per heavy atom. The van der Waals surface area contributed by atoms with Gasteiger partial charge in [-0.3, -0.25) is 0 Å². The van der Waals surface area contributed by atoms with Gasteiger partial charge in [0.15, 0.2) is 23.1 Å². The highest BCUT2D eigenvalue weighted by Crippen LogP contribution is 2.37. The van der Waals surface area contributed by atoms with Gasteiger partial charge in [-0.25, -0.2) is 13.2 Å². The topological polar surface area (TPSA) is 36.9 Å². The molecule has 0 saturated carbocycles. The van der Waals surface area contributed by atoms with E-state index in [1.165, 1.54) is 45.4 Å². The third-order valence-electron chi connectivity index (χ3n) is 5.16. The summed E-state index contributed by atoms with van der Waals surface area (Å²) in [7, 11) is 2.92. The van der Waals surface area contributed by atoms with Gasteiger partial charge in [0, 0.05) is 0 Å². The van der Waals surface area contributed by atoms with Crippen molar-refractivity contribution in [3.8, 4) is 23.0 Å². The van der Waals surface area contributed by atoms with Gasteiger partial charge in [-0.1, -0.05) is 30.3 Å². The first-order chi connectivity index (χ1) is 15.4. The summed E-state index contributed by atoms with van der Waals surface area (Å²) in [4.78, 5) is 0. The van der Waals surface area contributed by atoms with Crippen molar-refractivity contribution in [2.24, 2.45) is 0 Å². The highest BCUT2D eigenvalue weighted by molar-refractivity contribution is 5.45. The van der Waals surface area contributed by atoms with E-state index in [-0.39, 0.29) is 19.0 Å². The van der Waals surface area contributed by atoms with Crippen molar-refractivity contribution in [1.82, 2.24) is 0 Å². The second-order valence-corrected chi connectivity index (χ2v) is 7.46. The Kier molecular flexibility index (Phi) is 7.64. The zero-order valence-corrected chi connectivity index (χ0v) is 18.1. The second-order valence-electron chi connectivity index (χ2n) is 7.46. The third kappa shape index (κ3) is 5.34. The van der Waals surface area contributed by atoms with Gasteiger partial charge in [0.05, 0.1) is 32.8 Å². The summed E-state index contributed by atoms with van der Waals surface area (Å²) < 4.78 is 63.9. The van der Waals surface area contributed by atoms with Crippen LogP contribution < -0.4 is 14.2 Å². The molecule has 0 spiro atoms. The van der Waals surface area contributed by atoms with Gasteiger partial charge in [0.1, 0.15) is 5.75 Å². The molecule has 0 radical (unpaired) electrons. The van der Waals surface area contributed by atoms with Gasteiger partial charge < -0.3 is 18.9 Å². The van der Waals surface area contributed by atoms with E-state index < -0.39 is 17.7 Å². The number of ether oxygens (including phenoxy) is 4. The van der Waals surface area contributed by atoms with Crippen molar-refractivity contribution in [2.45, 2.75) is 25.4 Å². The maximum atomic E-state index is 14.1. The fraction of sp³-hybridized carbons (Fsp3) is 0.280. The molecule has 3 aromatic rings. The molecule has 1 unspecified atom stereocenters. The Hall–Kier alpha value is -3.19. The molecule has 0 N–H and O–H groups in total. The summed E-state index contributed by atoms with van der Waals surface area (Å²) in [6.45, 7) is 1.18. The van der Waals surface area contributed by atoms with Crippen LogP contribution in [-0.4, -0.2) is 27.3 Å². The summed E-state index contributed by atoms with van der Waals surface area (Å²) in [5.74, 6) is 0.807. The zero-order valence-electron chi connectivity index (χ0n) is 18.1. The molecule has 7 heteroatoms. The van der Waals surface area contributed by atoms with Crippen molar-refractivity contribution in [2.75, 3.05) is 20.8 Å². The summed E-state index contributed by atoms with van der Waals surface area (Å²) in [5.41, 5.74) is -0.623. The van der Waals surface area contributed by atoms with Crippen LogP contribution >= 0.6 is 0 Å². The van der Waals surface area contributed by atoms with Gasteiger partial charge in [-0.2, -0.15) is 0 Å². The van der Waals surface area contributed by atoms with Gasteiger partial charge in [-0.05, 0) is 54.4 Å². The smallest absolute Gasteiger partial charge is 0.250 e. The lowest BCUT2D eigenvalue weighted by Gasteiger charge is -2.29. The van der Waals surface area contributed by atoms with Crippen LogP contribution in [0.15, 0.2) is 66.7 Å². The van der Waals surface area contributed by atoms with E-state index in [4.69, 9.17) is 18.9 Å². The Labute approximate surface area is 185 Å². The minimum absolute atomic E-state index is 0.0149. The SMILES string of the molecule is COc1ccc(C(C)(COCc2ccc(F)c(Oc3ccccc3)c2)C(F)F)cc1OC. The van der Waals surface area contributed by atoms with Crippen LogP contribution in [0.5, 0.6) is 23.0 Å². The Bertz CT molecular complexity index is 1030. The first-order valence-electron chi connectivity index (χ1n) is 9.97. The lowest BCUT2D eigenvalue weighted by molar-refractivity contribution is -0.0129. The molecule has 0 amide bonds. The normalized spacial score (nSPS) is 13.0. The van der Waals surface area contributed by atoms with E-state index in [1.807, 2.05) is 6.07 Å². The summed E-state index contributed by atoms with van der Waals surface area (Å²) in [6, 6.07) is 17.8. The Balaban J connectivity index is 1.73. The number of benzene rings is 3. The van der Waals surface area contributed by atoms with E-state index in [0.717, 1.165) is 0 Å². The second kappa shape index (κ2) is 10.4. The average Bonchev–Trinajstić information content (AvgIpc) is 2.81. The number of halogens is 3. The van der Waals surface area contributed by atoms with E-state index in [2.05, 4.69) is 0 Å². The van der Waals surface area contributed by atoms with Crippen molar-refractivity contribution in [1.29, 1.82) is 0 Å². The predicted octanol–water partition coefficient (Wildman–Crippen LogP) is 6.37. The molecule has 32 heavy (non-hydrogen) atoms. The number of hydrogen-bond donors (Lipinski definition) is 0. The maximum absolute atomic E-state index is 14.1. The third-order valence-corrected chi connectivity index (χ3v) is 5.16. The number of alkyl halides is 2. The monoisotopic (exact) mass is 446 g/mol. The number of rotatable bonds is 10. The van der Waals surface area contributed by atoms with Crippen LogP contribution in [0.1, 0.15) is 18.1 Å². The van der Waals surface area contributed by atoms with E-state index in [1.54, 1.807) is 36.4 Å². The number of para-hydroxylation sites is 1. The highest BCUT2D eigenvalue weighted by Gasteiger charge is 2.38. The Morgan fingerprint density at radius 2 is 1.56 bits per heavy atom. The highest BCUT2D eigenvalue weighted by atomic mass is 19.3. The molecular formula is C25H25F3O4. The van der Waals surface area contributed by atoms with E-state index in [0.29, 0.717) is 28.4 Å². The summed E-state index contributed by atoms with van der Waals surface area (Å²) in [6.07, 6.45) is -2.69. The first-order valence-corrected chi connectivity index (χ1v) is 9.97. The van der Waals surface area contributed by atoms with Gasteiger partial charge in [0.2, 0.25) is 6.43 Å². The van der Waals surface area contributed by atoms with Crippen molar-refractivity contribution in [3.63, 3.8) is 0 Å². The number of methoxy groups -OCH3 is 2. The first kappa shape index (κ1) is 23.5. The molecule has 0 bridgehead atoms. The van der Waals surface area contributed by atoms with Crippen molar-refractivity contribution >= 4 is 0 Å². The minimum atomic E-state index is -2.69. The van der Waals surface area contributed by atoms with Crippen LogP contribution in [0.2, 0.25) is 0 Å². The maximum Gasteiger partial charge on any atom is 0.250 e. The summed E-state index contributed by atoms with van der Waals surface area (Å²) >= 11 is 0. The molecule has 4 nitrogen and oxygen atoms in total. The number of hydrogen-bond acceptors (Lipinski definition) is 4. The van der Waals surface area contributed by atoms with E-state index in [9.17, 15) is 13.2 Å². The van der Waals surface area contributed by atoms with Crippen LogP contribution in [0.3, 0.4) is 0 Å². The lowest BCUT2D eigenvalue weighted by atomic mass is 9.83. The standard InChI is InChI=1S/C25H25F3O4/c1-25(24(27)28,18-10-12-21(29-2)23(14-18)30-3)16-31-15-17-9-11-20(26)22(13-17)32-19-7-5-4-6-8-19/h4-14,24H,15-16H2,1-3H3. The molecule has 1 atom stereocenters. The quantitative estimate of drug-likeness (QED) is 0.362. The Morgan fingerprint density at radius 1 is 0.844 bits per heavy atom. The molecule has 3 rings (SSSR count). The minimum Gasteiger partial charge on any atom is -0.493 e. The molecule has 0 saturated heterocycles. The molecule has 0 aliphatic carbocycles. The predicted molar refractivity (Wildman–Crippen MR) is 115 cm³/mol. The van der Waals surface area contributed by atoms with Gasteiger partial charge in [-0.15, -0.1) is 0 Å². The van der Waals surface area contributed by atoms with Crippen molar-refractivity contribution in [3.05, 3.63) is 83.7 Å². The van der Waals surface area contributed by atoms with Gasteiger partial charge in [0.25, 0.3) is 0 Å². The van der Waals surface area contributed by atoms with Crippen LogP contribution in [0.4, 0.5) is 13.2 Å². The van der Waals surface area contributed by atoms with Crippen LogP contribution in [0.25, 0.3) is 0 Å². The zero-order chi connectivity index (χ0) is 23.1. The van der Waals surface area contributed by atoms with Crippen molar-refractivity contribution < 1.29 is 32.1 Å². The molecular weight excluding hydrogens is 421 g/mol. The molecule has 0 aromatic heterocycles. The molecule has 0 fully saturated rings.